The lowest BCUT2D eigenvalue weighted by atomic mass is 10.00. The molecule has 17 nitrogen and oxygen atoms in total. The van der Waals surface area contributed by atoms with Crippen LogP contribution in [-0.2, 0) is 65.4 Å². The monoisotopic (exact) mass is 1270 g/mol. The van der Waals surface area contributed by atoms with Gasteiger partial charge in [0, 0.05) is 25.7 Å². The Morgan fingerprint density at radius 2 is 0.558 bits per heavy atom. The lowest BCUT2D eigenvalue weighted by Crippen LogP contribution is -2.30. The van der Waals surface area contributed by atoms with Crippen LogP contribution in [0.5, 0.6) is 0 Å². The third kappa shape index (κ3) is 59.7. The number of aliphatic hydroxyl groups is 1. The normalized spacial score (nSPS) is 14.7. The average molecular weight is 1270 g/mol. The van der Waals surface area contributed by atoms with Gasteiger partial charge in [0.1, 0.15) is 19.3 Å². The van der Waals surface area contributed by atoms with Gasteiger partial charge in [0.05, 0.1) is 26.4 Å². The molecule has 6 atom stereocenters. The Morgan fingerprint density at radius 3 is 0.826 bits per heavy atom. The zero-order chi connectivity index (χ0) is 63.9. The van der Waals surface area contributed by atoms with Crippen LogP contribution in [0.1, 0.15) is 325 Å². The zero-order valence-electron chi connectivity index (χ0n) is 55.9. The Kier molecular flexibility index (Phi) is 55.7. The van der Waals surface area contributed by atoms with Crippen molar-refractivity contribution >= 4 is 39.5 Å². The van der Waals surface area contributed by atoms with Crippen LogP contribution in [0, 0.1) is 23.7 Å². The molecule has 0 fully saturated rings. The first-order chi connectivity index (χ1) is 41.1. The SMILES string of the molecule is CCC(C)CCCCCCCCC(=O)OC[C@H](COP(=O)(O)OC[C@@H](O)COP(=O)(O)OC[C@@H](COC(=O)CCCCCCCCC(C)C)OC(=O)CCCCCCCCCCCCC(C)C)OC(=O)CCCCCCCCCCCCCC(C)C. The summed E-state index contributed by atoms with van der Waals surface area (Å²) in [7, 11) is -9.90. The van der Waals surface area contributed by atoms with E-state index in [4.69, 9.17) is 37.0 Å². The van der Waals surface area contributed by atoms with Crippen LogP contribution >= 0.6 is 15.6 Å². The summed E-state index contributed by atoms with van der Waals surface area (Å²) in [6, 6.07) is 0. The maximum absolute atomic E-state index is 13.0. The number of aliphatic hydroxyl groups excluding tert-OH is 1. The van der Waals surface area contributed by atoms with Gasteiger partial charge in [-0.1, -0.05) is 274 Å². The fourth-order valence-corrected chi connectivity index (χ4v) is 11.5. The highest BCUT2D eigenvalue weighted by Crippen LogP contribution is 2.45. The molecular weight excluding hydrogens is 1140 g/mol. The molecule has 0 bridgehead atoms. The number of carbonyl (C=O) groups is 4. The number of hydrogen-bond acceptors (Lipinski definition) is 15. The second-order valence-corrected chi connectivity index (χ2v) is 28.8. The smallest absolute Gasteiger partial charge is 0.462 e. The van der Waals surface area contributed by atoms with E-state index < -0.39 is 97.5 Å². The molecule has 86 heavy (non-hydrogen) atoms. The van der Waals surface area contributed by atoms with Crippen molar-refractivity contribution in [2.45, 2.75) is 343 Å². The molecule has 0 spiro atoms. The van der Waals surface area contributed by atoms with E-state index >= 15 is 0 Å². The average Bonchev–Trinajstić information content (AvgIpc) is 3.64. The quantitative estimate of drug-likeness (QED) is 0.0222. The number of carbonyl (C=O) groups excluding carboxylic acids is 4. The van der Waals surface area contributed by atoms with Gasteiger partial charge in [0.2, 0.25) is 0 Å². The lowest BCUT2D eigenvalue weighted by Gasteiger charge is -2.21. The predicted octanol–water partition coefficient (Wildman–Crippen LogP) is 18.5. The second kappa shape index (κ2) is 57.0. The number of phosphoric acid groups is 2. The number of phosphoric ester groups is 2. The molecule has 0 radical (unpaired) electrons. The van der Waals surface area contributed by atoms with Gasteiger partial charge < -0.3 is 33.8 Å². The van der Waals surface area contributed by atoms with Crippen LogP contribution < -0.4 is 0 Å². The Hall–Kier alpha value is -1.94. The number of esters is 4. The minimum absolute atomic E-state index is 0.104. The number of hydrogen-bond donors (Lipinski definition) is 3. The van der Waals surface area contributed by atoms with Gasteiger partial charge in [-0.2, -0.15) is 0 Å². The molecule has 0 amide bonds. The topological polar surface area (TPSA) is 237 Å². The molecule has 0 aliphatic rings. The van der Waals surface area contributed by atoms with E-state index in [1.54, 1.807) is 0 Å². The fraction of sp³-hybridized carbons (Fsp3) is 0.940. The Bertz CT molecular complexity index is 1720. The van der Waals surface area contributed by atoms with Gasteiger partial charge in [-0.15, -0.1) is 0 Å². The number of ether oxygens (including phenoxy) is 4. The molecule has 0 rings (SSSR count). The van der Waals surface area contributed by atoms with E-state index in [0.29, 0.717) is 31.6 Å². The van der Waals surface area contributed by atoms with Crippen molar-refractivity contribution in [3.63, 3.8) is 0 Å². The van der Waals surface area contributed by atoms with Crippen LogP contribution in [0.3, 0.4) is 0 Å². The molecule has 0 saturated carbocycles. The van der Waals surface area contributed by atoms with Gasteiger partial charge >= 0.3 is 39.5 Å². The summed E-state index contributed by atoms with van der Waals surface area (Å²) < 4.78 is 68.1. The molecule has 0 aromatic rings. The predicted molar refractivity (Wildman–Crippen MR) is 344 cm³/mol. The standard InChI is InChI=1S/C67H130O17P2/c1-9-60(8)46-38-30-24-26-32-40-48-65(70)78-54-63(84-66(71)49-41-33-21-17-12-10-11-15-19-27-35-43-57(2)3)56-82-86(75,76)80-52-61(68)51-79-85(73,74)81-55-62(53-77-64(69)47-39-31-25-23-29-37-45-59(6)7)83-67(72)50-42-34-22-18-14-13-16-20-28-36-44-58(4)5/h57-63,68H,9-56H2,1-8H3,(H,73,74)(H,75,76)/t60?,61-,62+,63+/m0/s1. The first-order valence-corrected chi connectivity index (χ1v) is 37.7. The molecule has 0 aromatic heterocycles. The first kappa shape index (κ1) is 84.1. The molecule has 0 aliphatic heterocycles. The number of rotatable bonds is 64. The van der Waals surface area contributed by atoms with Gasteiger partial charge in [0.25, 0.3) is 0 Å². The van der Waals surface area contributed by atoms with Gasteiger partial charge in [-0.3, -0.25) is 37.3 Å². The van der Waals surface area contributed by atoms with Crippen molar-refractivity contribution in [1.29, 1.82) is 0 Å². The summed E-state index contributed by atoms with van der Waals surface area (Å²) in [6.45, 7) is 14.0. The molecule has 0 aliphatic carbocycles. The Morgan fingerprint density at radius 1 is 0.326 bits per heavy atom. The van der Waals surface area contributed by atoms with E-state index in [0.717, 1.165) is 120 Å². The summed E-state index contributed by atoms with van der Waals surface area (Å²) in [5.74, 6) is 0.791. The van der Waals surface area contributed by atoms with Gasteiger partial charge in [-0.05, 0) is 49.4 Å². The third-order valence-corrected chi connectivity index (χ3v) is 17.6. The summed E-state index contributed by atoms with van der Waals surface area (Å²) in [6.07, 6.45) is 37.7. The van der Waals surface area contributed by atoms with Crippen LogP contribution in [0.15, 0.2) is 0 Å². The maximum Gasteiger partial charge on any atom is 0.472 e. The van der Waals surface area contributed by atoms with E-state index in [2.05, 4.69) is 55.4 Å². The van der Waals surface area contributed by atoms with E-state index in [9.17, 15) is 43.2 Å². The first-order valence-electron chi connectivity index (χ1n) is 34.7. The molecular formula is C67H130O17P2. The molecule has 0 saturated heterocycles. The summed E-state index contributed by atoms with van der Waals surface area (Å²) in [4.78, 5) is 72.3. The highest BCUT2D eigenvalue weighted by molar-refractivity contribution is 7.47. The van der Waals surface area contributed by atoms with Crippen molar-refractivity contribution in [3.8, 4) is 0 Å². The van der Waals surface area contributed by atoms with E-state index in [1.807, 2.05) is 0 Å². The zero-order valence-corrected chi connectivity index (χ0v) is 57.7. The second-order valence-electron chi connectivity index (χ2n) is 25.9. The molecule has 3 unspecified atom stereocenters. The highest BCUT2D eigenvalue weighted by atomic mass is 31.2. The molecule has 0 heterocycles. The lowest BCUT2D eigenvalue weighted by molar-refractivity contribution is -0.161. The molecule has 0 aromatic carbocycles. The van der Waals surface area contributed by atoms with Crippen molar-refractivity contribution in [1.82, 2.24) is 0 Å². The fourth-order valence-electron chi connectivity index (χ4n) is 9.93. The maximum atomic E-state index is 13.0. The van der Waals surface area contributed by atoms with Crippen molar-refractivity contribution in [2.75, 3.05) is 39.6 Å². The van der Waals surface area contributed by atoms with Crippen molar-refractivity contribution in [2.24, 2.45) is 23.7 Å². The summed E-state index contributed by atoms with van der Waals surface area (Å²) in [5, 5.41) is 10.6. The summed E-state index contributed by atoms with van der Waals surface area (Å²) >= 11 is 0. The minimum Gasteiger partial charge on any atom is -0.462 e. The Balaban J connectivity index is 5.25. The number of unbranched alkanes of at least 4 members (excludes halogenated alkanes) is 29. The largest absolute Gasteiger partial charge is 0.472 e. The van der Waals surface area contributed by atoms with Gasteiger partial charge in [-0.25, -0.2) is 9.13 Å². The van der Waals surface area contributed by atoms with Crippen LogP contribution in [0.4, 0.5) is 0 Å². The summed E-state index contributed by atoms with van der Waals surface area (Å²) in [5.41, 5.74) is 0. The molecule has 19 heteroatoms. The van der Waals surface area contributed by atoms with Gasteiger partial charge in [0.15, 0.2) is 12.2 Å². The molecule has 510 valence electrons. The van der Waals surface area contributed by atoms with E-state index in [1.165, 1.54) is 116 Å². The van der Waals surface area contributed by atoms with Crippen LogP contribution in [0.25, 0.3) is 0 Å². The van der Waals surface area contributed by atoms with E-state index in [-0.39, 0.29) is 25.7 Å². The van der Waals surface area contributed by atoms with Crippen molar-refractivity contribution < 1.29 is 80.2 Å². The highest BCUT2D eigenvalue weighted by Gasteiger charge is 2.30. The molecule has 3 N–H and O–H groups in total. The van der Waals surface area contributed by atoms with Crippen LogP contribution in [-0.4, -0.2) is 96.7 Å². The minimum atomic E-state index is -4.95. The third-order valence-electron chi connectivity index (χ3n) is 15.7. The Labute approximate surface area is 524 Å². The van der Waals surface area contributed by atoms with Crippen LogP contribution in [0.2, 0.25) is 0 Å². The van der Waals surface area contributed by atoms with Crippen molar-refractivity contribution in [3.05, 3.63) is 0 Å².